The smallest absolute Gasteiger partial charge is 0.325 e. The van der Waals surface area contributed by atoms with Gasteiger partial charge in [0.2, 0.25) is 0 Å². The Labute approximate surface area is 124 Å². The number of methoxy groups -OCH3 is 1. The third kappa shape index (κ3) is 8.13. The Hall–Kier alpha value is -1.83. The van der Waals surface area contributed by atoms with Crippen LogP contribution in [0.25, 0.3) is 0 Å². The number of amides is 2. The van der Waals surface area contributed by atoms with Crippen LogP contribution in [0.4, 0.5) is 4.79 Å². The summed E-state index contributed by atoms with van der Waals surface area (Å²) in [5.74, 6) is -1.63. The molecule has 0 saturated heterocycles. The number of nitrogens with zero attached hydrogens (tertiary/aromatic N) is 2. The van der Waals surface area contributed by atoms with Crippen molar-refractivity contribution in [1.82, 2.24) is 9.80 Å². The topological polar surface area (TPSA) is 96.4 Å². The van der Waals surface area contributed by atoms with Gasteiger partial charge in [-0.15, -0.1) is 0 Å². The second-order valence-corrected chi connectivity index (χ2v) is 4.32. The Bertz CT molecular complexity index is 348. The minimum atomic E-state index is -1.12. The maximum Gasteiger partial charge on any atom is 0.325 e. The lowest BCUT2D eigenvalue weighted by Gasteiger charge is -2.28. The van der Waals surface area contributed by atoms with Crippen LogP contribution in [-0.4, -0.2) is 79.4 Å². The van der Waals surface area contributed by atoms with E-state index in [9.17, 15) is 14.4 Å². The van der Waals surface area contributed by atoms with Crippen LogP contribution < -0.4 is 0 Å². The summed E-state index contributed by atoms with van der Waals surface area (Å²) < 4.78 is 9.68. The van der Waals surface area contributed by atoms with Gasteiger partial charge in [-0.1, -0.05) is 6.92 Å². The van der Waals surface area contributed by atoms with Crippen LogP contribution in [0.5, 0.6) is 0 Å². The molecule has 0 atom stereocenters. The Morgan fingerprint density at radius 3 is 2.14 bits per heavy atom. The summed E-state index contributed by atoms with van der Waals surface area (Å²) in [5.41, 5.74) is 0. The van der Waals surface area contributed by atoms with E-state index in [2.05, 4.69) is 0 Å². The predicted molar refractivity (Wildman–Crippen MR) is 75.0 cm³/mol. The van der Waals surface area contributed by atoms with E-state index in [0.717, 1.165) is 4.90 Å². The van der Waals surface area contributed by atoms with E-state index in [0.29, 0.717) is 13.0 Å². The third-order valence-corrected chi connectivity index (χ3v) is 2.55. The Kier molecular flexibility index (Phi) is 9.95. The van der Waals surface area contributed by atoms with E-state index in [1.807, 2.05) is 6.92 Å². The van der Waals surface area contributed by atoms with E-state index in [-0.39, 0.29) is 26.3 Å². The zero-order chi connectivity index (χ0) is 16.3. The Morgan fingerprint density at radius 1 is 1.05 bits per heavy atom. The average molecular weight is 304 g/mol. The number of aliphatic carboxylic acids is 1. The summed E-state index contributed by atoms with van der Waals surface area (Å²) in [5, 5.41) is 8.87. The maximum absolute atomic E-state index is 12.3. The molecule has 122 valence electrons. The van der Waals surface area contributed by atoms with Gasteiger partial charge in [0.25, 0.3) is 0 Å². The molecule has 0 unspecified atom stereocenters. The van der Waals surface area contributed by atoms with E-state index in [1.165, 1.54) is 12.0 Å². The van der Waals surface area contributed by atoms with Crippen LogP contribution in [0.2, 0.25) is 0 Å². The normalized spacial score (nSPS) is 10.0. The van der Waals surface area contributed by atoms with Gasteiger partial charge in [-0.3, -0.25) is 9.59 Å². The monoisotopic (exact) mass is 304 g/mol. The zero-order valence-corrected chi connectivity index (χ0v) is 12.8. The molecule has 8 nitrogen and oxygen atoms in total. The lowest BCUT2D eigenvalue weighted by atomic mass is 10.4. The standard InChI is InChI=1S/C13H24N2O6/c1-4-6-14(10-12(18)21-5-2)13(19)15(7-8-20-3)9-11(16)17/h4-10H2,1-3H3,(H,16,17). The molecule has 0 bridgehead atoms. The highest BCUT2D eigenvalue weighted by Gasteiger charge is 2.24. The number of hydrogen-bond donors (Lipinski definition) is 1. The second kappa shape index (κ2) is 10.9. The summed E-state index contributed by atoms with van der Waals surface area (Å²) in [6, 6.07) is -0.510. The molecule has 2 amide bonds. The van der Waals surface area contributed by atoms with E-state index < -0.39 is 24.5 Å². The van der Waals surface area contributed by atoms with Crippen molar-refractivity contribution in [1.29, 1.82) is 0 Å². The molecule has 0 aromatic rings. The molecule has 0 aliphatic rings. The van der Waals surface area contributed by atoms with Crippen molar-refractivity contribution < 1.29 is 29.0 Å². The van der Waals surface area contributed by atoms with E-state index in [4.69, 9.17) is 14.6 Å². The molecule has 0 rings (SSSR count). The fraction of sp³-hybridized carbons (Fsp3) is 0.769. The van der Waals surface area contributed by atoms with Gasteiger partial charge < -0.3 is 24.4 Å². The van der Waals surface area contributed by atoms with Crippen molar-refractivity contribution in [3.63, 3.8) is 0 Å². The molecule has 0 saturated carbocycles. The molecule has 0 aliphatic heterocycles. The van der Waals surface area contributed by atoms with E-state index in [1.54, 1.807) is 6.92 Å². The summed E-state index contributed by atoms with van der Waals surface area (Å²) in [7, 11) is 1.46. The average Bonchev–Trinajstić information content (AvgIpc) is 2.42. The van der Waals surface area contributed by atoms with Crippen molar-refractivity contribution in [3.8, 4) is 0 Å². The Balaban J connectivity index is 4.83. The number of ether oxygens (including phenoxy) is 2. The molecule has 0 aliphatic carbocycles. The molecule has 0 heterocycles. The highest BCUT2D eigenvalue weighted by Crippen LogP contribution is 2.02. The lowest BCUT2D eigenvalue weighted by molar-refractivity contribution is -0.143. The van der Waals surface area contributed by atoms with E-state index >= 15 is 0 Å². The molecule has 0 radical (unpaired) electrons. The first-order valence-electron chi connectivity index (χ1n) is 6.86. The van der Waals surface area contributed by atoms with Gasteiger partial charge in [0.05, 0.1) is 13.2 Å². The number of esters is 1. The number of carbonyl (C=O) groups excluding carboxylic acids is 2. The van der Waals surface area contributed by atoms with Gasteiger partial charge >= 0.3 is 18.0 Å². The minimum absolute atomic E-state index is 0.144. The summed E-state index contributed by atoms with van der Waals surface area (Å²) in [6.07, 6.45) is 0.649. The molecular weight excluding hydrogens is 280 g/mol. The van der Waals surface area contributed by atoms with Crippen molar-refractivity contribution in [2.45, 2.75) is 20.3 Å². The number of carboxylic acid groups (broad SMARTS) is 1. The highest BCUT2D eigenvalue weighted by molar-refractivity contribution is 5.83. The van der Waals surface area contributed by atoms with Gasteiger partial charge in [0, 0.05) is 20.2 Å². The zero-order valence-electron chi connectivity index (χ0n) is 12.8. The fourth-order valence-electron chi connectivity index (χ4n) is 1.68. The van der Waals surface area contributed by atoms with Gasteiger partial charge in [-0.25, -0.2) is 4.79 Å². The summed E-state index contributed by atoms with van der Waals surface area (Å²) in [6.45, 7) is 3.86. The van der Waals surface area contributed by atoms with Crippen LogP contribution in [0, 0.1) is 0 Å². The largest absolute Gasteiger partial charge is 0.480 e. The molecule has 0 aromatic heterocycles. The SMILES string of the molecule is CCCN(CC(=O)OCC)C(=O)N(CCOC)CC(=O)O. The first-order valence-corrected chi connectivity index (χ1v) is 6.86. The van der Waals surface area contributed by atoms with Gasteiger partial charge in [0.1, 0.15) is 13.1 Å². The number of carboxylic acids is 1. The minimum Gasteiger partial charge on any atom is -0.480 e. The maximum atomic E-state index is 12.3. The first kappa shape index (κ1) is 19.2. The first-order chi connectivity index (χ1) is 9.96. The van der Waals surface area contributed by atoms with Crippen molar-refractivity contribution in [2.24, 2.45) is 0 Å². The van der Waals surface area contributed by atoms with Crippen LogP contribution in [0.3, 0.4) is 0 Å². The van der Waals surface area contributed by atoms with Crippen LogP contribution >= 0.6 is 0 Å². The predicted octanol–water partition coefficient (Wildman–Crippen LogP) is 0.415. The molecule has 0 spiro atoms. The summed E-state index contributed by atoms with van der Waals surface area (Å²) >= 11 is 0. The number of hydrogen-bond acceptors (Lipinski definition) is 5. The van der Waals surface area contributed by atoms with Crippen LogP contribution in [0.15, 0.2) is 0 Å². The van der Waals surface area contributed by atoms with Crippen molar-refractivity contribution >= 4 is 18.0 Å². The van der Waals surface area contributed by atoms with Crippen LogP contribution in [0.1, 0.15) is 20.3 Å². The van der Waals surface area contributed by atoms with Gasteiger partial charge in [0.15, 0.2) is 0 Å². The quantitative estimate of drug-likeness (QED) is 0.587. The van der Waals surface area contributed by atoms with Crippen molar-refractivity contribution in [2.75, 3.05) is 46.5 Å². The number of carbonyl (C=O) groups is 3. The van der Waals surface area contributed by atoms with Crippen LogP contribution in [-0.2, 0) is 19.1 Å². The summed E-state index contributed by atoms with van der Waals surface area (Å²) in [4.78, 5) is 37.1. The number of urea groups is 1. The van der Waals surface area contributed by atoms with Gasteiger partial charge in [-0.2, -0.15) is 0 Å². The van der Waals surface area contributed by atoms with Crippen molar-refractivity contribution in [3.05, 3.63) is 0 Å². The molecule has 8 heteroatoms. The lowest BCUT2D eigenvalue weighted by Crippen LogP contribution is -2.48. The third-order valence-electron chi connectivity index (χ3n) is 2.55. The molecular formula is C13H24N2O6. The Morgan fingerprint density at radius 2 is 1.67 bits per heavy atom. The molecule has 0 fully saturated rings. The fourth-order valence-corrected chi connectivity index (χ4v) is 1.68. The molecule has 21 heavy (non-hydrogen) atoms. The number of rotatable bonds is 10. The molecule has 0 aromatic carbocycles. The van der Waals surface area contributed by atoms with Gasteiger partial charge in [-0.05, 0) is 13.3 Å². The second-order valence-electron chi connectivity index (χ2n) is 4.32. The highest BCUT2D eigenvalue weighted by atomic mass is 16.5. The molecule has 1 N–H and O–H groups in total.